The molecule has 0 bridgehead atoms. The molecule has 1 heterocycles. The highest BCUT2D eigenvalue weighted by atomic mass is 32.2. The van der Waals surface area contributed by atoms with Gasteiger partial charge in [-0.3, -0.25) is 4.72 Å². The van der Waals surface area contributed by atoms with Gasteiger partial charge in [0.25, 0.3) is 10.0 Å². The lowest BCUT2D eigenvalue weighted by Gasteiger charge is -2.13. The fourth-order valence-corrected chi connectivity index (χ4v) is 3.74. The van der Waals surface area contributed by atoms with E-state index in [2.05, 4.69) is 34.1 Å². The van der Waals surface area contributed by atoms with E-state index in [1.807, 2.05) is 0 Å². The Labute approximate surface area is 155 Å². The zero-order valence-corrected chi connectivity index (χ0v) is 16.6. The van der Waals surface area contributed by atoms with Crippen LogP contribution < -0.4 is 14.8 Å². The number of rotatable bonds is 8. The number of hydrogen-bond acceptors (Lipinski definition) is 6. The number of aromatic nitrogens is 2. The zero-order valence-electron chi connectivity index (χ0n) is 15.8. The van der Waals surface area contributed by atoms with Crippen molar-refractivity contribution >= 4 is 21.7 Å². The predicted octanol–water partition coefficient (Wildman–Crippen LogP) is 3.36. The van der Waals surface area contributed by atoms with Crippen LogP contribution in [0, 0.1) is 19.8 Å². The van der Waals surface area contributed by atoms with Crippen LogP contribution in [0.4, 0.5) is 11.6 Å². The first-order valence-electron chi connectivity index (χ1n) is 8.48. The van der Waals surface area contributed by atoms with Crippen molar-refractivity contribution in [1.82, 2.24) is 10.2 Å². The molecule has 142 valence electrons. The molecule has 2 rings (SSSR count). The van der Waals surface area contributed by atoms with Gasteiger partial charge in [0.2, 0.25) is 0 Å². The molecule has 2 aromatic rings. The average Bonchev–Trinajstić information content (AvgIpc) is 2.57. The third-order valence-electron chi connectivity index (χ3n) is 3.91. The van der Waals surface area contributed by atoms with Crippen LogP contribution >= 0.6 is 0 Å². The third-order valence-corrected chi connectivity index (χ3v) is 5.41. The number of ether oxygens (including phenoxy) is 1. The van der Waals surface area contributed by atoms with Crippen LogP contribution in [0.3, 0.4) is 0 Å². The van der Waals surface area contributed by atoms with Crippen LogP contribution in [0.1, 0.15) is 31.4 Å². The highest BCUT2D eigenvalue weighted by molar-refractivity contribution is 7.92. The second-order valence-corrected chi connectivity index (χ2v) is 8.26. The maximum absolute atomic E-state index is 12.7. The van der Waals surface area contributed by atoms with Gasteiger partial charge >= 0.3 is 0 Å². The lowest BCUT2D eigenvalue weighted by Crippen LogP contribution is -2.16. The highest BCUT2D eigenvalue weighted by Gasteiger charge is 2.19. The minimum Gasteiger partial charge on any atom is -0.496 e. The minimum absolute atomic E-state index is 0.173. The standard InChI is InChI=1S/C18H26N4O3S/c1-12(2)8-9-19-17-6-7-18(21-20-17)22-26(23,24)16-11-13(3)15(25-5)10-14(16)4/h6-7,10-12H,8-9H2,1-5H3,(H,19,20)(H,21,22). The molecule has 0 unspecified atom stereocenters. The molecule has 2 N–H and O–H groups in total. The molecule has 0 saturated carbocycles. The number of aryl methyl sites for hydroxylation is 2. The van der Waals surface area contributed by atoms with Crippen LogP contribution in [-0.2, 0) is 10.0 Å². The molecule has 7 nitrogen and oxygen atoms in total. The molecule has 8 heteroatoms. The molecule has 0 fully saturated rings. The molecule has 0 aliphatic carbocycles. The monoisotopic (exact) mass is 378 g/mol. The summed E-state index contributed by atoms with van der Waals surface area (Å²) < 4.78 is 33.0. The van der Waals surface area contributed by atoms with Gasteiger partial charge in [-0.15, -0.1) is 10.2 Å². The van der Waals surface area contributed by atoms with Gasteiger partial charge in [0.05, 0.1) is 12.0 Å². The minimum atomic E-state index is -3.76. The summed E-state index contributed by atoms with van der Waals surface area (Å²) in [6.45, 7) is 8.61. The summed E-state index contributed by atoms with van der Waals surface area (Å²) in [5.74, 6) is 2.04. The average molecular weight is 378 g/mol. The number of methoxy groups -OCH3 is 1. The Morgan fingerprint density at radius 1 is 1.08 bits per heavy atom. The molecule has 0 atom stereocenters. The molecular weight excluding hydrogens is 352 g/mol. The summed E-state index contributed by atoms with van der Waals surface area (Å²) in [5, 5.41) is 11.1. The first-order chi connectivity index (χ1) is 12.2. The van der Waals surface area contributed by atoms with Crippen LogP contribution in [0.2, 0.25) is 0 Å². The first kappa shape index (κ1) is 20.0. The number of benzene rings is 1. The lowest BCUT2D eigenvalue weighted by atomic mass is 10.1. The predicted molar refractivity (Wildman–Crippen MR) is 103 cm³/mol. The van der Waals surface area contributed by atoms with E-state index in [9.17, 15) is 8.42 Å². The quantitative estimate of drug-likeness (QED) is 0.732. The van der Waals surface area contributed by atoms with Crippen LogP contribution in [0.5, 0.6) is 5.75 Å². The Balaban J connectivity index is 2.13. The van der Waals surface area contributed by atoms with E-state index < -0.39 is 10.0 Å². The molecule has 1 aromatic heterocycles. The van der Waals surface area contributed by atoms with E-state index >= 15 is 0 Å². The van der Waals surface area contributed by atoms with Gasteiger partial charge in [-0.1, -0.05) is 13.8 Å². The molecular formula is C18H26N4O3S. The largest absolute Gasteiger partial charge is 0.496 e. The summed E-state index contributed by atoms with van der Waals surface area (Å²) in [7, 11) is -2.20. The van der Waals surface area contributed by atoms with E-state index in [1.165, 1.54) is 0 Å². The van der Waals surface area contributed by atoms with Crippen LogP contribution in [0.25, 0.3) is 0 Å². The highest BCUT2D eigenvalue weighted by Crippen LogP contribution is 2.26. The van der Waals surface area contributed by atoms with Crippen molar-refractivity contribution in [3.05, 3.63) is 35.4 Å². The smallest absolute Gasteiger partial charge is 0.263 e. The normalized spacial score (nSPS) is 11.5. The summed E-state index contributed by atoms with van der Waals surface area (Å²) in [6.07, 6.45) is 1.02. The summed E-state index contributed by atoms with van der Waals surface area (Å²) >= 11 is 0. The van der Waals surface area contributed by atoms with Gasteiger partial charge in [0.1, 0.15) is 11.6 Å². The van der Waals surface area contributed by atoms with Gasteiger partial charge in [-0.2, -0.15) is 0 Å². The van der Waals surface area contributed by atoms with Gasteiger partial charge in [-0.25, -0.2) is 8.42 Å². The van der Waals surface area contributed by atoms with Crippen molar-refractivity contribution in [3.8, 4) is 5.75 Å². The third kappa shape index (κ3) is 5.08. The fourth-order valence-electron chi connectivity index (χ4n) is 2.44. The molecule has 0 radical (unpaired) electrons. The molecule has 0 spiro atoms. The number of nitrogens with zero attached hydrogens (tertiary/aromatic N) is 2. The van der Waals surface area contributed by atoms with Crippen molar-refractivity contribution in [1.29, 1.82) is 0 Å². The fraction of sp³-hybridized carbons (Fsp3) is 0.444. The van der Waals surface area contributed by atoms with E-state index in [4.69, 9.17) is 4.74 Å². The zero-order chi connectivity index (χ0) is 19.3. The van der Waals surface area contributed by atoms with E-state index in [1.54, 1.807) is 45.2 Å². The number of sulfonamides is 1. The van der Waals surface area contributed by atoms with Gasteiger partial charge < -0.3 is 10.1 Å². The Bertz CT molecular complexity index is 849. The van der Waals surface area contributed by atoms with Crippen molar-refractivity contribution in [2.75, 3.05) is 23.7 Å². The van der Waals surface area contributed by atoms with Crippen molar-refractivity contribution in [2.24, 2.45) is 5.92 Å². The number of anilines is 2. The van der Waals surface area contributed by atoms with E-state index in [0.29, 0.717) is 23.0 Å². The molecule has 0 saturated heterocycles. The maximum Gasteiger partial charge on any atom is 0.263 e. The molecule has 1 aromatic carbocycles. The second kappa shape index (κ2) is 8.35. The van der Waals surface area contributed by atoms with Crippen molar-refractivity contribution < 1.29 is 13.2 Å². The Kier molecular flexibility index (Phi) is 6.42. The van der Waals surface area contributed by atoms with E-state index in [0.717, 1.165) is 18.5 Å². The maximum atomic E-state index is 12.7. The Morgan fingerprint density at radius 3 is 2.31 bits per heavy atom. The van der Waals surface area contributed by atoms with Crippen molar-refractivity contribution in [3.63, 3.8) is 0 Å². The first-order valence-corrected chi connectivity index (χ1v) is 9.97. The lowest BCUT2D eigenvalue weighted by molar-refractivity contribution is 0.411. The Hall–Kier alpha value is -2.35. The topological polar surface area (TPSA) is 93.2 Å². The van der Waals surface area contributed by atoms with E-state index in [-0.39, 0.29) is 10.7 Å². The summed E-state index contributed by atoms with van der Waals surface area (Å²) in [5.41, 5.74) is 1.34. The second-order valence-electron chi connectivity index (χ2n) is 6.61. The number of hydrogen-bond donors (Lipinski definition) is 2. The van der Waals surface area contributed by atoms with Crippen LogP contribution in [0.15, 0.2) is 29.2 Å². The molecule has 0 aliphatic heterocycles. The van der Waals surface area contributed by atoms with Gasteiger partial charge in [0.15, 0.2) is 5.82 Å². The molecule has 26 heavy (non-hydrogen) atoms. The van der Waals surface area contributed by atoms with Gasteiger partial charge in [0, 0.05) is 6.54 Å². The summed E-state index contributed by atoms with van der Waals surface area (Å²) in [6, 6.07) is 6.59. The number of nitrogens with one attached hydrogen (secondary N) is 2. The summed E-state index contributed by atoms with van der Waals surface area (Å²) in [4.78, 5) is 0.191. The Morgan fingerprint density at radius 2 is 1.73 bits per heavy atom. The molecule has 0 amide bonds. The van der Waals surface area contributed by atoms with Gasteiger partial charge in [-0.05, 0) is 61.6 Å². The SMILES string of the molecule is COc1cc(C)c(S(=O)(=O)Nc2ccc(NCCC(C)C)nn2)cc1C. The van der Waals surface area contributed by atoms with Crippen molar-refractivity contribution in [2.45, 2.75) is 39.0 Å². The van der Waals surface area contributed by atoms with Crippen LogP contribution in [-0.4, -0.2) is 32.3 Å². The molecule has 0 aliphatic rings.